The van der Waals surface area contributed by atoms with Gasteiger partial charge in [-0.25, -0.2) is 12.8 Å². The van der Waals surface area contributed by atoms with Crippen molar-refractivity contribution in [1.29, 1.82) is 0 Å². The summed E-state index contributed by atoms with van der Waals surface area (Å²) in [5.74, 6) is -0.186. The molecule has 2 aromatic carbocycles. The van der Waals surface area contributed by atoms with Crippen molar-refractivity contribution in [3.63, 3.8) is 0 Å². The van der Waals surface area contributed by atoms with Crippen molar-refractivity contribution in [2.75, 3.05) is 51.2 Å². The third-order valence-electron chi connectivity index (χ3n) is 4.61. The van der Waals surface area contributed by atoms with Gasteiger partial charge in [0.2, 0.25) is 5.91 Å². The molecule has 0 saturated carbocycles. The fraction of sp³-hybridized carbons (Fsp3) is 0.381. The average molecular weight is 452 g/mol. The Labute approximate surface area is 181 Å². The largest absolute Gasteiger partial charge is 0.486 e. The third kappa shape index (κ3) is 5.86. The van der Waals surface area contributed by atoms with E-state index in [0.29, 0.717) is 31.3 Å². The normalized spacial score (nSPS) is 13.2. The predicted molar refractivity (Wildman–Crippen MR) is 115 cm³/mol. The number of ether oxygens (including phenoxy) is 2. The summed E-state index contributed by atoms with van der Waals surface area (Å²) in [6.45, 7) is 1.46. The van der Waals surface area contributed by atoms with E-state index < -0.39 is 28.3 Å². The van der Waals surface area contributed by atoms with Crippen LogP contribution in [0.3, 0.4) is 0 Å². The van der Waals surface area contributed by atoms with Gasteiger partial charge < -0.3 is 19.7 Å². The summed E-state index contributed by atoms with van der Waals surface area (Å²) in [5.41, 5.74) is 0.180. The van der Waals surface area contributed by atoms with E-state index in [1.165, 1.54) is 30.3 Å². The summed E-state index contributed by atoms with van der Waals surface area (Å²) < 4.78 is 52.1. The molecule has 31 heavy (non-hydrogen) atoms. The molecular weight excluding hydrogens is 425 g/mol. The molecule has 10 heteroatoms. The van der Waals surface area contributed by atoms with Gasteiger partial charge in [0, 0.05) is 12.6 Å². The molecule has 8 nitrogen and oxygen atoms in total. The van der Waals surface area contributed by atoms with E-state index in [4.69, 9.17) is 9.47 Å². The van der Waals surface area contributed by atoms with Crippen molar-refractivity contribution in [2.24, 2.45) is 0 Å². The Morgan fingerprint density at radius 2 is 1.74 bits per heavy atom. The number of rotatable bonds is 9. The fourth-order valence-corrected chi connectivity index (χ4v) is 4.48. The quantitative estimate of drug-likeness (QED) is 0.586. The first-order valence-electron chi connectivity index (χ1n) is 9.87. The highest BCUT2D eigenvalue weighted by Gasteiger charge is 2.29. The lowest BCUT2D eigenvalue weighted by Crippen LogP contribution is -2.41. The molecule has 1 heterocycles. The van der Waals surface area contributed by atoms with Crippen LogP contribution in [0.2, 0.25) is 0 Å². The number of nitrogens with zero attached hydrogens (tertiary/aromatic N) is 2. The summed E-state index contributed by atoms with van der Waals surface area (Å²) >= 11 is 0. The molecule has 0 saturated heterocycles. The zero-order valence-corrected chi connectivity index (χ0v) is 18.3. The molecule has 0 fully saturated rings. The maximum atomic E-state index is 13.4. The van der Waals surface area contributed by atoms with Crippen LogP contribution in [0, 0.1) is 5.82 Å². The first kappa shape index (κ1) is 22.8. The summed E-state index contributed by atoms with van der Waals surface area (Å²) in [5, 5.41) is 2.73. The molecule has 1 aliphatic rings. The van der Waals surface area contributed by atoms with E-state index in [2.05, 4.69) is 5.32 Å². The molecule has 1 N–H and O–H groups in total. The van der Waals surface area contributed by atoms with Crippen molar-refractivity contribution in [2.45, 2.75) is 11.3 Å². The van der Waals surface area contributed by atoms with Crippen LogP contribution < -0.4 is 19.1 Å². The third-order valence-corrected chi connectivity index (χ3v) is 6.38. The number of halogens is 1. The summed E-state index contributed by atoms with van der Waals surface area (Å²) in [4.78, 5) is 14.4. The van der Waals surface area contributed by atoms with Crippen molar-refractivity contribution in [3.8, 4) is 11.5 Å². The van der Waals surface area contributed by atoms with Crippen LogP contribution in [-0.4, -0.2) is 66.2 Å². The molecule has 0 unspecified atom stereocenters. The van der Waals surface area contributed by atoms with Crippen LogP contribution in [0.4, 0.5) is 10.1 Å². The highest BCUT2D eigenvalue weighted by atomic mass is 32.2. The number of carbonyl (C=O) groups excluding carboxylic acids is 1. The number of carbonyl (C=O) groups is 1. The summed E-state index contributed by atoms with van der Waals surface area (Å²) in [6, 6.07) is 9.23. The first-order chi connectivity index (χ1) is 14.8. The number of benzene rings is 2. The molecule has 3 rings (SSSR count). The van der Waals surface area contributed by atoms with Crippen LogP contribution >= 0.6 is 0 Å². The van der Waals surface area contributed by atoms with E-state index >= 15 is 0 Å². The molecule has 1 aliphatic heterocycles. The van der Waals surface area contributed by atoms with Gasteiger partial charge >= 0.3 is 0 Å². The van der Waals surface area contributed by atoms with E-state index in [1.54, 1.807) is 0 Å². The Morgan fingerprint density at radius 1 is 1.06 bits per heavy atom. The topological polar surface area (TPSA) is 88.2 Å². The van der Waals surface area contributed by atoms with Gasteiger partial charge in [0.05, 0.1) is 10.6 Å². The fourth-order valence-electron chi connectivity index (χ4n) is 3.04. The Morgan fingerprint density at radius 3 is 2.42 bits per heavy atom. The van der Waals surface area contributed by atoms with Gasteiger partial charge in [-0.05, 0) is 63.5 Å². The van der Waals surface area contributed by atoms with Crippen LogP contribution in [0.15, 0.2) is 47.4 Å². The monoisotopic (exact) mass is 451 g/mol. The Kier molecular flexibility index (Phi) is 7.34. The second kappa shape index (κ2) is 9.97. The van der Waals surface area contributed by atoms with Crippen LogP contribution in [0.1, 0.15) is 6.42 Å². The molecule has 0 spiro atoms. The maximum absolute atomic E-state index is 13.4. The molecule has 1 amide bonds. The zero-order valence-electron chi connectivity index (χ0n) is 17.5. The lowest BCUT2D eigenvalue weighted by Gasteiger charge is -2.25. The number of sulfonamides is 1. The second-order valence-electron chi connectivity index (χ2n) is 7.30. The van der Waals surface area contributed by atoms with E-state index in [9.17, 15) is 17.6 Å². The first-order valence-corrected chi connectivity index (χ1v) is 11.3. The van der Waals surface area contributed by atoms with Gasteiger partial charge in [0.25, 0.3) is 10.0 Å². The Hall–Kier alpha value is -2.85. The Balaban J connectivity index is 1.85. The van der Waals surface area contributed by atoms with Gasteiger partial charge in [-0.1, -0.05) is 0 Å². The van der Waals surface area contributed by atoms with Crippen molar-refractivity contribution >= 4 is 21.6 Å². The second-order valence-corrected chi connectivity index (χ2v) is 9.16. The van der Waals surface area contributed by atoms with Crippen LogP contribution in [0.25, 0.3) is 0 Å². The highest BCUT2D eigenvalue weighted by molar-refractivity contribution is 7.92. The minimum Gasteiger partial charge on any atom is -0.486 e. The van der Waals surface area contributed by atoms with Gasteiger partial charge in [-0.15, -0.1) is 0 Å². The smallest absolute Gasteiger partial charge is 0.264 e. The number of fused-ring (bicyclic) bond motifs is 1. The van der Waals surface area contributed by atoms with Crippen LogP contribution in [-0.2, 0) is 14.8 Å². The minimum atomic E-state index is -4.13. The standard InChI is InChI=1S/C21H26FN3O5S/c1-24(2)11-3-10-23-21(26)15-25(17-6-4-16(22)5-7-17)31(27,28)18-8-9-19-20(14-18)30-13-12-29-19/h4-9,14H,3,10-13,15H2,1-2H3,(H,23,26). The molecule has 0 aromatic heterocycles. The Bertz CT molecular complexity index is 1010. The molecule has 168 valence electrons. The lowest BCUT2D eigenvalue weighted by molar-refractivity contribution is -0.119. The van der Waals surface area contributed by atoms with E-state index in [1.807, 2.05) is 19.0 Å². The SMILES string of the molecule is CN(C)CCCNC(=O)CN(c1ccc(F)cc1)S(=O)(=O)c1ccc2c(c1)OCCO2. The van der Waals surface area contributed by atoms with Crippen molar-refractivity contribution < 1.29 is 27.1 Å². The minimum absolute atomic E-state index is 0.0542. The van der Waals surface area contributed by atoms with Crippen molar-refractivity contribution in [1.82, 2.24) is 10.2 Å². The van der Waals surface area contributed by atoms with E-state index in [0.717, 1.165) is 29.4 Å². The number of hydrogen-bond acceptors (Lipinski definition) is 6. The molecule has 0 radical (unpaired) electrons. The zero-order chi connectivity index (χ0) is 22.4. The van der Waals surface area contributed by atoms with Gasteiger partial charge in [0.15, 0.2) is 11.5 Å². The van der Waals surface area contributed by atoms with E-state index in [-0.39, 0.29) is 10.6 Å². The molecular formula is C21H26FN3O5S. The van der Waals surface area contributed by atoms with Crippen molar-refractivity contribution in [3.05, 3.63) is 48.3 Å². The average Bonchev–Trinajstić information content (AvgIpc) is 2.75. The molecule has 0 aliphatic carbocycles. The van der Waals surface area contributed by atoms with Crippen LogP contribution in [0.5, 0.6) is 11.5 Å². The van der Waals surface area contributed by atoms with Gasteiger partial charge in [0.1, 0.15) is 25.6 Å². The number of amides is 1. The highest BCUT2D eigenvalue weighted by Crippen LogP contribution is 2.34. The maximum Gasteiger partial charge on any atom is 0.264 e. The summed E-state index contributed by atoms with van der Waals surface area (Å²) in [7, 11) is -0.276. The number of nitrogens with one attached hydrogen (secondary N) is 1. The number of anilines is 1. The molecule has 0 atom stereocenters. The lowest BCUT2D eigenvalue weighted by atomic mass is 10.3. The predicted octanol–water partition coefficient (Wildman–Crippen LogP) is 1.86. The molecule has 2 aromatic rings. The summed E-state index contributed by atoms with van der Waals surface area (Å²) in [6.07, 6.45) is 0.726. The number of hydrogen-bond donors (Lipinski definition) is 1. The molecule has 0 bridgehead atoms. The van der Waals surface area contributed by atoms with Gasteiger partial charge in [-0.3, -0.25) is 9.10 Å². The van der Waals surface area contributed by atoms with Gasteiger partial charge in [-0.2, -0.15) is 0 Å².